The first-order valence-corrected chi connectivity index (χ1v) is 7.88. The molecule has 1 N–H and O–H groups in total. The maximum Gasteiger partial charge on any atom is 0.122 e. The summed E-state index contributed by atoms with van der Waals surface area (Å²) in [4.78, 5) is 4.48. The van der Waals surface area contributed by atoms with Gasteiger partial charge in [0.25, 0.3) is 0 Å². The summed E-state index contributed by atoms with van der Waals surface area (Å²) in [5, 5.41) is 3.48. The van der Waals surface area contributed by atoms with E-state index >= 15 is 0 Å². The largest absolute Gasteiger partial charge is 0.334 e. The summed E-state index contributed by atoms with van der Waals surface area (Å²) in [6, 6.07) is 0. The van der Waals surface area contributed by atoms with Crippen LogP contribution in [0, 0.1) is 11.8 Å². The highest BCUT2D eigenvalue weighted by Gasteiger charge is 2.10. The van der Waals surface area contributed by atoms with E-state index in [0.29, 0.717) is 5.92 Å². The minimum Gasteiger partial charge on any atom is -0.334 e. The lowest BCUT2D eigenvalue weighted by molar-refractivity contribution is 0.381. The van der Waals surface area contributed by atoms with Crippen molar-refractivity contribution in [2.75, 3.05) is 6.54 Å². The quantitative estimate of drug-likeness (QED) is 0.696. The molecule has 0 aromatic carbocycles. The monoisotopic (exact) mass is 265 g/mol. The summed E-state index contributed by atoms with van der Waals surface area (Å²) < 4.78 is 2.33. The Labute approximate surface area is 118 Å². The Morgan fingerprint density at radius 3 is 2.74 bits per heavy atom. The van der Waals surface area contributed by atoms with Crippen LogP contribution in [0.15, 0.2) is 12.4 Å². The third-order valence-corrected chi connectivity index (χ3v) is 3.64. The molecule has 1 unspecified atom stereocenters. The Hall–Kier alpha value is -0.830. The molecule has 0 amide bonds. The molecule has 0 aliphatic heterocycles. The maximum absolute atomic E-state index is 4.48. The standard InChI is InChI=1S/C16H31N3/c1-5-7-8-15(6-2)13-19-10-9-18-16(19)12-17-11-14(3)4/h9-10,14-15,17H,5-8,11-13H2,1-4H3. The van der Waals surface area contributed by atoms with Crippen LogP contribution < -0.4 is 5.32 Å². The van der Waals surface area contributed by atoms with E-state index in [-0.39, 0.29) is 0 Å². The number of imidazole rings is 1. The van der Waals surface area contributed by atoms with Crippen LogP contribution in [0.4, 0.5) is 0 Å². The highest BCUT2D eigenvalue weighted by molar-refractivity contribution is 4.92. The predicted molar refractivity (Wildman–Crippen MR) is 82.1 cm³/mol. The van der Waals surface area contributed by atoms with E-state index < -0.39 is 0 Å². The molecule has 1 heterocycles. The minimum atomic E-state index is 0.691. The smallest absolute Gasteiger partial charge is 0.122 e. The zero-order valence-electron chi connectivity index (χ0n) is 13.2. The second-order valence-corrected chi connectivity index (χ2v) is 5.94. The van der Waals surface area contributed by atoms with Gasteiger partial charge in [0.05, 0.1) is 6.54 Å². The first kappa shape index (κ1) is 16.2. The molecule has 0 radical (unpaired) electrons. The second kappa shape index (κ2) is 9.13. The van der Waals surface area contributed by atoms with Gasteiger partial charge in [-0.2, -0.15) is 0 Å². The van der Waals surface area contributed by atoms with Gasteiger partial charge < -0.3 is 9.88 Å². The van der Waals surface area contributed by atoms with Crippen molar-refractivity contribution < 1.29 is 0 Å². The molecule has 3 nitrogen and oxygen atoms in total. The van der Waals surface area contributed by atoms with Crippen molar-refractivity contribution in [3.8, 4) is 0 Å². The van der Waals surface area contributed by atoms with Crippen molar-refractivity contribution >= 4 is 0 Å². The van der Waals surface area contributed by atoms with Gasteiger partial charge >= 0.3 is 0 Å². The molecule has 0 aliphatic rings. The highest BCUT2D eigenvalue weighted by atomic mass is 15.1. The third-order valence-electron chi connectivity index (χ3n) is 3.64. The van der Waals surface area contributed by atoms with E-state index in [1.165, 1.54) is 31.5 Å². The Morgan fingerprint density at radius 2 is 2.11 bits per heavy atom. The van der Waals surface area contributed by atoms with Crippen molar-refractivity contribution in [3.05, 3.63) is 18.2 Å². The molecule has 1 rings (SSSR count). The van der Waals surface area contributed by atoms with Gasteiger partial charge in [-0.1, -0.05) is 47.0 Å². The SMILES string of the molecule is CCCCC(CC)Cn1ccnc1CNCC(C)C. The lowest BCUT2D eigenvalue weighted by atomic mass is 9.99. The zero-order chi connectivity index (χ0) is 14.1. The molecule has 110 valence electrons. The van der Waals surface area contributed by atoms with Crippen LogP contribution >= 0.6 is 0 Å². The van der Waals surface area contributed by atoms with E-state index in [9.17, 15) is 0 Å². The van der Waals surface area contributed by atoms with Gasteiger partial charge in [-0.05, 0) is 24.8 Å². The number of nitrogens with one attached hydrogen (secondary N) is 1. The molecule has 3 heteroatoms. The van der Waals surface area contributed by atoms with E-state index in [1.54, 1.807) is 0 Å². The third kappa shape index (κ3) is 6.24. The summed E-state index contributed by atoms with van der Waals surface area (Å²) >= 11 is 0. The van der Waals surface area contributed by atoms with Gasteiger partial charge in [-0.3, -0.25) is 0 Å². The van der Waals surface area contributed by atoms with Crippen LogP contribution in [0.25, 0.3) is 0 Å². The second-order valence-electron chi connectivity index (χ2n) is 5.94. The fourth-order valence-corrected chi connectivity index (χ4v) is 2.34. The van der Waals surface area contributed by atoms with Crippen LogP contribution in [0.1, 0.15) is 59.2 Å². The average molecular weight is 265 g/mol. The number of aromatic nitrogens is 2. The molecule has 1 aromatic rings. The van der Waals surface area contributed by atoms with Crippen LogP contribution in [-0.2, 0) is 13.1 Å². The predicted octanol–water partition coefficient (Wildman–Crippen LogP) is 3.85. The Bertz CT molecular complexity index is 330. The van der Waals surface area contributed by atoms with Gasteiger partial charge in [-0.15, -0.1) is 0 Å². The Balaban J connectivity index is 2.46. The highest BCUT2D eigenvalue weighted by Crippen LogP contribution is 2.16. The lowest BCUT2D eigenvalue weighted by Gasteiger charge is -2.17. The molecular weight excluding hydrogens is 234 g/mol. The molecular formula is C16H31N3. The van der Waals surface area contributed by atoms with E-state index in [2.05, 4.69) is 48.8 Å². The molecule has 1 atom stereocenters. The van der Waals surface area contributed by atoms with Crippen molar-refractivity contribution in [2.24, 2.45) is 11.8 Å². The molecule has 0 bridgehead atoms. The van der Waals surface area contributed by atoms with Gasteiger partial charge in [0.2, 0.25) is 0 Å². The molecule has 0 saturated heterocycles. The maximum atomic E-state index is 4.48. The van der Waals surface area contributed by atoms with Crippen molar-refractivity contribution in [2.45, 2.75) is 66.5 Å². The minimum absolute atomic E-state index is 0.691. The van der Waals surface area contributed by atoms with Crippen molar-refractivity contribution in [1.82, 2.24) is 14.9 Å². The van der Waals surface area contributed by atoms with Gasteiger partial charge in [0.15, 0.2) is 0 Å². The average Bonchev–Trinajstić information content (AvgIpc) is 2.81. The molecule has 0 spiro atoms. The van der Waals surface area contributed by atoms with Gasteiger partial charge in [0.1, 0.15) is 5.82 Å². The molecule has 0 fully saturated rings. The van der Waals surface area contributed by atoms with Gasteiger partial charge in [-0.25, -0.2) is 4.98 Å². The van der Waals surface area contributed by atoms with Crippen LogP contribution in [0.2, 0.25) is 0 Å². The summed E-state index contributed by atoms with van der Waals surface area (Å²) in [6.45, 7) is 12.1. The number of rotatable bonds is 10. The van der Waals surface area contributed by atoms with Crippen LogP contribution in [0.3, 0.4) is 0 Å². The van der Waals surface area contributed by atoms with Crippen LogP contribution in [0.5, 0.6) is 0 Å². The Morgan fingerprint density at radius 1 is 1.32 bits per heavy atom. The fourth-order valence-electron chi connectivity index (χ4n) is 2.34. The molecule has 0 saturated carbocycles. The summed E-state index contributed by atoms with van der Waals surface area (Å²) in [6.07, 6.45) is 9.29. The number of nitrogens with zero attached hydrogens (tertiary/aromatic N) is 2. The summed E-state index contributed by atoms with van der Waals surface area (Å²) in [5.74, 6) is 2.66. The van der Waals surface area contributed by atoms with E-state index in [0.717, 1.165) is 25.6 Å². The van der Waals surface area contributed by atoms with Gasteiger partial charge in [0, 0.05) is 18.9 Å². The number of unbranched alkanes of at least 4 members (excludes halogenated alkanes) is 1. The van der Waals surface area contributed by atoms with Crippen molar-refractivity contribution in [3.63, 3.8) is 0 Å². The zero-order valence-corrected chi connectivity index (χ0v) is 13.2. The molecule has 0 aliphatic carbocycles. The van der Waals surface area contributed by atoms with Crippen LogP contribution in [-0.4, -0.2) is 16.1 Å². The van der Waals surface area contributed by atoms with E-state index in [4.69, 9.17) is 0 Å². The van der Waals surface area contributed by atoms with E-state index in [1.807, 2.05) is 6.20 Å². The summed E-state index contributed by atoms with van der Waals surface area (Å²) in [7, 11) is 0. The topological polar surface area (TPSA) is 29.9 Å². The fraction of sp³-hybridized carbons (Fsp3) is 0.812. The summed E-state index contributed by atoms with van der Waals surface area (Å²) in [5.41, 5.74) is 0. The molecule has 19 heavy (non-hydrogen) atoms. The normalized spacial score (nSPS) is 13.1. The Kier molecular flexibility index (Phi) is 7.80. The first-order chi connectivity index (χ1) is 9.17. The first-order valence-electron chi connectivity index (χ1n) is 7.88. The number of hydrogen-bond donors (Lipinski definition) is 1. The lowest BCUT2D eigenvalue weighted by Crippen LogP contribution is -2.22. The molecule has 1 aromatic heterocycles. The van der Waals surface area contributed by atoms with Crippen molar-refractivity contribution in [1.29, 1.82) is 0 Å². The number of hydrogen-bond acceptors (Lipinski definition) is 2.